The van der Waals surface area contributed by atoms with E-state index in [0.29, 0.717) is 23.8 Å². The van der Waals surface area contributed by atoms with Crippen LogP contribution in [0.5, 0.6) is 0 Å². The van der Waals surface area contributed by atoms with E-state index in [1.54, 1.807) is 10.9 Å². The molecule has 0 aliphatic heterocycles. The molecule has 6 nitrogen and oxygen atoms in total. The monoisotopic (exact) mass is 334 g/mol. The van der Waals surface area contributed by atoms with Gasteiger partial charge in [0, 0.05) is 24.2 Å². The molecule has 2 aromatic heterocycles. The summed E-state index contributed by atoms with van der Waals surface area (Å²) < 4.78 is 1.73. The van der Waals surface area contributed by atoms with Gasteiger partial charge < -0.3 is 10.4 Å². The van der Waals surface area contributed by atoms with E-state index >= 15 is 0 Å². The molecule has 1 aliphatic carbocycles. The molecular formula is C16H22N4O2S. The Hall–Kier alpha value is -1.73. The van der Waals surface area contributed by atoms with Gasteiger partial charge in [0.25, 0.3) is 5.91 Å². The second kappa shape index (κ2) is 6.41. The number of hydrogen-bond donors (Lipinski definition) is 2. The van der Waals surface area contributed by atoms with Gasteiger partial charge in [-0.05, 0) is 24.7 Å². The highest BCUT2D eigenvalue weighted by Gasteiger charge is 2.36. The second-order valence-electron chi connectivity index (χ2n) is 6.52. The zero-order valence-electron chi connectivity index (χ0n) is 13.6. The molecule has 0 unspecified atom stereocenters. The summed E-state index contributed by atoms with van der Waals surface area (Å²) in [5, 5.41) is 19.3. The maximum atomic E-state index is 12.5. The van der Waals surface area contributed by atoms with Gasteiger partial charge >= 0.3 is 0 Å². The van der Waals surface area contributed by atoms with Crippen LogP contribution in [0, 0.1) is 5.92 Å². The highest BCUT2D eigenvalue weighted by molar-refractivity contribution is 7.11. The SMILES string of the molecule is CC(C)c1csc(C(=O)N[C@H](c2cnn(C)c2)C2CC(O)C2)n1. The number of amides is 1. The molecule has 1 aliphatic rings. The quantitative estimate of drug-likeness (QED) is 0.879. The van der Waals surface area contributed by atoms with Gasteiger partial charge in [0.2, 0.25) is 0 Å². The van der Waals surface area contributed by atoms with Gasteiger partial charge in [-0.1, -0.05) is 13.8 Å². The molecule has 2 heterocycles. The lowest BCUT2D eigenvalue weighted by Crippen LogP contribution is -2.41. The van der Waals surface area contributed by atoms with E-state index in [0.717, 1.165) is 11.3 Å². The number of nitrogens with zero attached hydrogens (tertiary/aromatic N) is 3. The molecule has 0 spiro atoms. The van der Waals surface area contributed by atoms with Crippen molar-refractivity contribution >= 4 is 17.2 Å². The summed E-state index contributed by atoms with van der Waals surface area (Å²) in [6.07, 6.45) is 4.83. The highest BCUT2D eigenvalue weighted by Crippen LogP contribution is 2.38. The average molecular weight is 334 g/mol. The molecule has 1 saturated carbocycles. The van der Waals surface area contributed by atoms with E-state index in [1.165, 1.54) is 11.3 Å². The number of aliphatic hydroxyl groups is 1. The van der Waals surface area contributed by atoms with Crippen molar-refractivity contribution in [2.45, 2.75) is 44.8 Å². The van der Waals surface area contributed by atoms with Crippen molar-refractivity contribution in [2.24, 2.45) is 13.0 Å². The third-order valence-electron chi connectivity index (χ3n) is 4.30. The Morgan fingerprint density at radius 1 is 1.48 bits per heavy atom. The van der Waals surface area contributed by atoms with Gasteiger partial charge in [0.15, 0.2) is 5.01 Å². The summed E-state index contributed by atoms with van der Waals surface area (Å²) in [7, 11) is 1.85. The predicted octanol–water partition coefficient (Wildman–Crippen LogP) is 2.24. The molecule has 7 heteroatoms. The minimum absolute atomic E-state index is 0.133. The first-order chi connectivity index (χ1) is 10.9. The molecule has 0 aromatic carbocycles. The van der Waals surface area contributed by atoms with Crippen molar-refractivity contribution < 1.29 is 9.90 Å². The van der Waals surface area contributed by atoms with Crippen LogP contribution in [0.25, 0.3) is 0 Å². The minimum atomic E-state index is -0.261. The van der Waals surface area contributed by atoms with E-state index in [2.05, 4.69) is 29.2 Å². The molecule has 0 bridgehead atoms. The Labute approximate surface area is 139 Å². The topological polar surface area (TPSA) is 80.0 Å². The van der Waals surface area contributed by atoms with Crippen molar-refractivity contribution in [3.05, 3.63) is 34.0 Å². The number of aromatic nitrogens is 3. The lowest BCUT2D eigenvalue weighted by molar-refractivity contribution is 0.0235. The normalized spacial score (nSPS) is 22.0. The van der Waals surface area contributed by atoms with Crippen LogP contribution in [0.2, 0.25) is 0 Å². The standard InChI is InChI=1S/C16H22N4O2S/c1-9(2)13-8-23-16(18-13)15(22)19-14(10-4-12(21)5-10)11-6-17-20(3)7-11/h6-10,12,14,21H,4-5H2,1-3H3,(H,19,22)/t10?,12?,14-/m0/s1. The summed E-state index contributed by atoms with van der Waals surface area (Å²) in [4.78, 5) is 17.0. The average Bonchev–Trinajstić information content (AvgIpc) is 3.10. The molecule has 124 valence electrons. The van der Waals surface area contributed by atoms with Crippen molar-refractivity contribution in [2.75, 3.05) is 0 Å². The van der Waals surface area contributed by atoms with Crippen molar-refractivity contribution in [1.82, 2.24) is 20.1 Å². The van der Waals surface area contributed by atoms with Crippen LogP contribution in [-0.4, -0.2) is 31.9 Å². The summed E-state index contributed by atoms with van der Waals surface area (Å²) in [6, 6.07) is -0.133. The Bertz CT molecular complexity index is 688. The fraction of sp³-hybridized carbons (Fsp3) is 0.562. The summed E-state index contributed by atoms with van der Waals surface area (Å²) >= 11 is 1.37. The number of aliphatic hydroxyl groups excluding tert-OH is 1. The fourth-order valence-corrected chi connectivity index (χ4v) is 3.72. The zero-order chi connectivity index (χ0) is 16.6. The maximum Gasteiger partial charge on any atom is 0.280 e. The van der Waals surface area contributed by atoms with Gasteiger partial charge in [-0.15, -0.1) is 11.3 Å². The molecule has 0 saturated heterocycles. The molecule has 2 N–H and O–H groups in total. The minimum Gasteiger partial charge on any atom is -0.393 e. The second-order valence-corrected chi connectivity index (χ2v) is 7.37. The van der Waals surface area contributed by atoms with Gasteiger partial charge in [0.1, 0.15) is 0 Å². The van der Waals surface area contributed by atoms with Crippen LogP contribution in [0.3, 0.4) is 0 Å². The van der Waals surface area contributed by atoms with Crippen LogP contribution >= 0.6 is 11.3 Å². The Balaban J connectivity index is 1.76. The van der Waals surface area contributed by atoms with Crippen LogP contribution in [0.1, 0.15) is 59.7 Å². The Morgan fingerprint density at radius 3 is 2.74 bits per heavy atom. The summed E-state index contributed by atoms with van der Waals surface area (Å²) in [6.45, 7) is 4.12. The lowest BCUT2D eigenvalue weighted by atomic mass is 9.75. The molecule has 1 amide bonds. The van der Waals surface area contributed by atoms with Crippen molar-refractivity contribution in [3.63, 3.8) is 0 Å². The molecule has 1 atom stereocenters. The van der Waals surface area contributed by atoms with E-state index < -0.39 is 0 Å². The van der Waals surface area contributed by atoms with Crippen LogP contribution in [0.4, 0.5) is 0 Å². The highest BCUT2D eigenvalue weighted by atomic mass is 32.1. The number of aryl methyl sites for hydroxylation is 1. The smallest absolute Gasteiger partial charge is 0.280 e. The maximum absolute atomic E-state index is 12.5. The molecule has 2 aromatic rings. The first kappa shape index (κ1) is 16.1. The fourth-order valence-electron chi connectivity index (χ4n) is 2.83. The number of hydrogen-bond acceptors (Lipinski definition) is 5. The third kappa shape index (κ3) is 3.45. The Morgan fingerprint density at radius 2 is 2.22 bits per heavy atom. The van der Waals surface area contributed by atoms with Crippen LogP contribution in [0.15, 0.2) is 17.8 Å². The molecule has 1 fully saturated rings. The Kier molecular flexibility index (Phi) is 4.50. The third-order valence-corrected chi connectivity index (χ3v) is 5.16. The van der Waals surface area contributed by atoms with Gasteiger partial charge in [0.05, 0.1) is 24.0 Å². The summed E-state index contributed by atoms with van der Waals surface area (Å²) in [5.74, 6) is 0.392. The number of rotatable bonds is 5. The molecule has 3 rings (SSSR count). The van der Waals surface area contributed by atoms with Gasteiger partial charge in [-0.25, -0.2) is 4.98 Å². The summed E-state index contributed by atoms with van der Waals surface area (Å²) in [5.41, 5.74) is 1.91. The largest absolute Gasteiger partial charge is 0.393 e. The van der Waals surface area contributed by atoms with Crippen LogP contribution in [-0.2, 0) is 7.05 Å². The van der Waals surface area contributed by atoms with Gasteiger partial charge in [-0.2, -0.15) is 5.10 Å². The first-order valence-corrected chi connectivity index (χ1v) is 8.75. The molecule has 23 heavy (non-hydrogen) atoms. The van der Waals surface area contributed by atoms with E-state index in [-0.39, 0.29) is 24.0 Å². The number of thiazole rings is 1. The number of carbonyl (C=O) groups excluding carboxylic acids is 1. The predicted molar refractivity (Wildman–Crippen MR) is 88.3 cm³/mol. The van der Waals surface area contributed by atoms with E-state index in [1.807, 2.05) is 18.6 Å². The number of nitrogens with one attached hydrogen (secondary N) is 1. The van der Waals surface area contributed by atoms with Crippen LogP contribution < -0.4 is 5.32 Å². The van der Waals surface area contributed by atoms with Crippen molar-refractivity contribution in [1.29, 1.82) is 0 Å². The molecular weight excluding hydrogens is 312 g/mol. The molecule has 0 radical (unpaired) electrons. The lowest BCUT2D eigenvalue weighted by Gasteiger charge is -2.37. The van der Waals surface area contributed by atoms with E-state index in [4.69, 9.17) is 0 Å². The van der Waals surface area contributed by atoms with E-state index in [9.17, 15) is 9.90 Å². The zero-order valence-corrected chi connectivity index (χ0v) is 14.4. The van der Waals surface area contributed by atoms with Crippen molar-refractivity contribution in [3.8, 4) is 0 Å². The number of carbonyl (C=O) groups is 1. The van der Waals surface area contributed by atoms with Gasteiger partial charge in [-0.3, -0.25) is 9.48 Å². The first-order valence-electron chi connectivity index (χ1n) is 7.87.